The van der Waals surface area contributed by atoms with Crippen molar-refractivity contribution in [1.82, 2.24) is 14.9 Å². The molecule has 8 rings (SSSR count). The van der Waals surface area contributed by atoms with Gasteiger partial charge in [-0.3, -0.25) is 4.90 Å². The van der Waals surface area contributed by atoms with Crippen molar-refractivity contribution in [3.63, 3.8) is 0 Å². The van der Waals surface area contributed by atoms with Crippen LogP contribution in [0.4, 0.5) is 19.0 Å². The Morgan fingerprint density at radius 3 is 2.91 bits per heavy atom. The summed E-state index contributed by atoms with van der Waals surface area (Å²) in [6, 6.07) is 4.71. The van der Waals surface area contributed by atoms with Crippen LogP contribution in [0.15, 0.2) is 12.1 Å². The summed E-state index contributed by atoms with van der Waals surface area (Å²) in [5.74, 6) is -0.623. The molecule has 0 N–H and O–H groups in total. The molecule has 3 saturated heterocycles. The van der Waals surface area contributed by atoms with Gasteiger partial charge in [-0.1, -0.05) is 17.7 Å². The van der Waals surface area contributed by atoms with E-state index in [1.165, 1.54) is 12.1 Å². The van der Waals surface area contributed by atoms with Crippen LogP contribution >= 0.6 is 22.9 Å². The second kappa shape index (κ2) is 10.6. The minimum Gasteiger partial charge on any atom is -0.489 e. The molecule has 3 fully saturated rings. The van der Waals surface area contributed by atoms with Crippen LogP contribution in [0.5, 0.6) is 11.8 Å². The largest absolute Gasteiger partial charge is 0.489 e. The van der Waals surface area contributed by atoms with E-state index in [0.29, 0.717) is 35.7 Å². The average molecular weight is 656 g/mol. The molecule has 0 spiro atoms. The molecule has 4 aromatic rings. The smallest absolute Gasteiger partial charge is 0.319 e. The SMILES string of the molecule is COCC1CC2COc3c(Cl)c(-c4ccc(F)c5sc(C)c(C#N)c45)c(F)c4nc(OC[C@@]56CCCN5C[C@H](F)C6)nc(c34)N12. The Morgan fingerprint density at radius 2 is 2.11 bits per heavy atom. The van der Waals surface area contributed by atoms with E-state index < -0.39 is 23.3 Å². The molecule has 0 saturated carbocycles. The monoisotopic (exact) mass is 655 g/mol. The molecule has 4 aliphatic heterocycles. The Labute approximate surface area is 266 Å². The Balaban J connectivity index is 1.34. The zero-order valence-electron chi connectivity index (χ0n) is 24.6. The molecule has 2 aromatic carbocycles. The number of hydrogen-bond acceptors (Lipinski definition) is 9. The van der Waals surface area contributed by atoms with Crippen molar-refractivity contribution >= 4 is 49.7 Å². The third-order valence-electron chi connectivity index (χ3n) is 9.88. The maximum atomic E-state index is 17.1. The molecular weight excluding hydrogens is 627 g/mol. The van der Waals surface area contributed by atoms with Gasteiger partial charge in [-0.05, 0) is 44.4 Å². The fourth-order valence-corrected chi connectivity index (χ4v) is 9.22. The molecule has 8 nitrogen and oxygen atoms in total. The van der Waals surface area contributed by atoms with Gasteiger partial charge in [-0.15, -0.1) is 11.3 Å². The number of nitriles is 1. The van der Waals surface area contributed by atoms with Crippen molar-refractivity contribution in [2.24, 2.45) is 0 Å². The maximum absolute atomic E-state index is 17.1. The molecule has 0 aliphatic carbocycles. The molecule has 2 aromatic heterocycles. The van der Waals surface area contributed by atoms with Crippen LogP contribution in [0, 0.1) is 29.9 Å². The highest BCUT2D eigenvalue weighted by Crippen LogP contribution is 2.52. The number of aryl methyl sites for hydroxylation is 1. The first-order valence-corrected chi connectivity index (χ1v) is 16.2. The van der Waals surface area contributed by atoms with E-state index in [1.54, 1.807) is 14.0 Å². The molecule has 0 bridgehead atoms. The lowest BCUT2D eigenvalue weighted by molar-refractivity contribution is 0.107. The van der Waals surface area contributed by atoms with Crippen LogP contribution in [0.1, 0.15) is 36.1 Å². The van der Waals surface area contributed by atoms with Crippen molar-refractivity contribution in [3.05, 3.63) is 39.2 Å². The number of rotatable bonds is 6. The van der Waals surface area contributed by atoms with E-state index >= 15 is 4.39 Å². The molecule has 4 atom stereocenters. The van der Waals surface area contributed by atoms with Crippen LogP contribution in [0.2, 0.25) is 5.02 Å². The summed E-state index contributed by atoms with van der Waals surface area (Å²) in [6.45, 7) is 3.77. The lowest BCUT2D eigenvalue weighted by Crippen LogP contribution is -2.60. The van der Waals surface area contributed by atoms with Gasteiger partial charge in [0, 0.05) is 35.9 Å². The first-order chi connectivity index (χ1) is 21.7. The molecule has 4 aliphatic rings. The van der Waals surface area contributed by atoms with Gasteiger partial charge in [-0.25, -0.2) is 13.2 Å². The predicted molar refractivity (Wildman–Crippen MR) is 165 cm³/mol. The number of thiophene rings is 1. The van der Waals surface area contributed by atoms with Gasteiger partial charge in [0.25, 0.3) is 0 Å². The second-order valence-corrected chi connectivity index (χ2v) is 14.0. The summed E-state index contributed by atoms with van der Waals surface area (Å²) in [5.41, 5.74) is -0.0281. The first-order valence-electron chi connectivity index (χ1n) is 15.0. The van der Waals surface area contributed by atoms with Gasteiger partial charge < -0.3 is 19.1 Å². The van der Waals surface area contributed by atoms with Gasteiger partial charge in [-0.2, -0.15) is 15.2 Å². The van der Waals surface area contributed by atoms with Gasteiger partial charge >= 0.3 is 6.01 Å². The van der Waals surface area contributed by atoms with Crippen molar-refractivity contribution in [2.75, 3.05) is 44.9 Å². The van der Waals surface area contributed by atoms with E-state index in [-0.39, 0.29) is 74.4 Å². The van der Waals surface area contributed by atoms with Crippen molar-refractivity contribution < 1.29 is 27.4 Å². The van der Waals surface area contributed by atoms with Crippen LogP contribution in [-0.4, -0.2) is 78.7 Å². The van der Waals surface area contributed by atoms with Crippen molar-refractivity contribution in [2.45, 2.75) is 56.4 Å². The molecule has 45 heavy (non-hydrogen) atoms. The van der Waals surface area contributed by atoms with Crippen LogP contribution in [0.3, 0.4) is 0 Å². The first kappa shape index (κ1) is 29.1. The van der Waals surface area contributed by atoms with E-state index in [1.807, 2.05) is 4.90 Å². The van der Waals surface area contributed by atoms with Gasteiger partial charge in [0.05, 0.1) is 44.9 Å². The molecule has 234 valence electrons. The van der Waals surface area contributed by atoms with Crippen molar-refractivity contribution in [1.29, 1.82) is 5.26 Å². The van der Waals surface area contributed by atoms with Crippen LogP contribution in [-0.2, 0) is 4.74 Å². The summed E-state index contributed by atoms with van der Waals surface area (Å²) in [4.78, 5) is 14.2. The number of alkyl halides is 1. The lowest BCUT2D eigenvalue weighted by atomic mass is 9.93. The Kier molecular flexibility index (Phi) is 6.84. The number of benzene rings is 2. The average Bonchev–Trinajstić information content (AvgIpc) is 3.62. The highest BCUT2D eigenvalue weighted by Gasteiger charge is 2.50. The van der Waals surface area contributed by atoms with Gasteiger partial charge in [0.15, 0.2) is 11.6 Å². The molecule has 0 radical (unpaired) electrons. The molecule has 6 heterocycles. The number of ether oxygens (including phenoxy) is 3. The predicted octanol–water partition coefficient (Wildman–Crippen LogP) is 6.56. The molecule has 13 heteroatoms. The summed E-state index contributed by atoms with van der Waals surface area (Å²) >= 11 is 8.15. The minimum atomic E-state index is -0.929. The maximum Gasteiger partial charge on any atom is 0.319 e. The third kappa shape index (κ3) is 4.24. The highest BCUT2D eigenvalue weighted by molar-refractivity contribution is 7.19. The van der Waals surface area contributed by atoms with Crippen molar-refractivity contribution in [3.8, 4) is 29.0 Å². The van der Waals surface area contributed by atoms with Gasteiger partial charge in [0.1, 0.15) is 42.6 Å². The number of nitrogens with zero attached hydrogens (tertiary/aromatic N) is 5. The normalized spacial score (nSPS) is 25.5. The molecular formula is C32H29ClF3N5O3S. The third-order valence-corrected chi connectivity index (χ3v) is 11.4. The Hall–Kier alpha value is -3.37. The topological polar surface area (TPSA) is 83.7 Å². The number of aromatic nitrogens is 2. The number of fused-ring (bicyclic) bond motifs is 4. The number of methoxy groups -OCH3 is 1. The number of halogens is 4. The van der Waals surface area contributed by atoms with E-state index in [9.17, 15) is 14.0 Å². The van der Waals surface area contributed by atoms with E-state index in [2.05, 4.69) is 16.0 Å². The summed E-state index contributed by atoms with van der Waals surface area (Å²) in [6.07, 6.45) is 1.95. The Bertz CT molecular complexity index is 1930. The van der Waals surface area contributed by atoms with E-state index in [0.717, 1.165) is 37.1 Å². The fourth-order valence-electron chi connectivity index (χ4n) is 7.85. The fraction of sp³-hybridized carbons (Fsp3) is 0.469. The highest BCUT2D eigenvalue weighted by atomic mass is 35.5. The molecule has 0 amide bonds. The zero-order chi connectivity index (χ0) is 31.2. The van der Waals surface area contributed by atoms with Crippen LogP contribution in [0.25, 0.3) is 32.1 Å². The second-order valence-electron chi connectivity index (χ2n) is 12.4. The number of hydrogen-bond donors (Lipinski definition) is 0. The zero-order valence-corrected chi connectivity index (χ0v) is 26.2. The Morgan fingerprint density at radius 1 is 1.27 bits per heavy atom. The summed E-state index contributed by atoms with van der Waals surface area (Å²) in [7, 11) is 1.62. The van der Waals surface area contributed by atoms with Gasteiger partial charge in [0.2, 0.25) is 0 Å². The van der Waals surface area contributed by atoms with E-state index in [4.69, 9.17) is 30.8 Å². The standard InChI is InChI=1S/C32H29ClF3N5O3S/c1-15-20(10-37)22-19(4-5-21(35)29(22)45-15)23-25(33)28-24-27(26(23)36)38-31(44-14-32-6-3-7-40(32)11-16(34)9-32)39-30(24)41-17(12-42-2)8-18(41)13-43-28/h4-5,16-18H,3,6-9,11-14H2,1-2H3/t16-,17?,18?,32+/m1/s1. The quantitative estimate of drug-likeness (QED) is 0.231. The summed E-state index contributed by atoms with van der Waals surface area (Å²) in [5, 5.41) is 10.6. The summed E-state index contributed by atoms with van der Waals surface area (Å²) < 4.78 is 64.7. The van der Waals surface area contributed by atoms with Crippen LogP contribution < -0.4 is 14.4 Å². The number of anilines is 1. The lowest BCUT2D eigenvalue weighted by Gasteiger charge is -2.48. The molecule has 2 unspecified atom stereocenters. The minimum absolute atomic E-state index is 0.00890.